The Bertz CT molecular complexity index is 320. The van der Waals surface area contributed by atoms with Crippen molar-refractivity contribution in [1.29, 1.82) is 0 Å². The number of carbonyl (C=O) groups excluding carboxylic acids is 2. The molecule has 0 aliphatic heterocycles. The zero-order valence-corrected chi connectivity index (χ0v) is 15.3. The smallest absolute Gasteiger partial charge is 0.308 e. The second-order valence-electron chi connectivity index (χ2n) is 7.08. The van der Waals surface area contributed by atoms with E-state index in [9.17, 15) is 9.59 Å². The van der Waals surface area contributed by atoms with E-state index >= 15 is 0 Å². The molecule has 0 saturated heterocycles. The average Bonchev–Trinajstić information content (AvgIpc) is 2.45. The molecule has 5 nitrogen and oxygen atoms in total. The monoisotopic (exact) mass is 330 g/mol. The van der Waals surface area contributed by atoms with Crippen molar-refractivity contribution in [3.8, 4) is 0 Å². The maximum atomic E-state index is 11.5. The summed E-state index contributed by atoms with van der Waals surface area (Å²) in [5.74, 6) is -0.617. The van der Waals surface area contributed by atoms with E-state index in [0.29, 0.717) is 24.9 Å². The number of ether oxygens (including phenoxy) is 3. The van der Waals surface area contributed by atoms with Gasteiger partial charge in [0.1, 0.15) is 0 Å². The van der Waals surface area contributed by atoms with Crippen molar-refractivity contribution < 1.29 is 23.8 Å². The fourth-order valence-corrected chi connectivity index (χ4v) is 2.10. The van der Waals surface area contributed by atoms with Gasteiger partial charge in [-0.25, -0.2) is 0 Å². The van der Waals surface area contributed by atoms with Crippen molar-refractivity contribution in [3.63, 3.8) is 0 Å². The topological polar surface area (TPSA) is 61.8 Å². The summed E-state index contributed by atoms with van der Waals surface area (Å²) in [5, 5.41) is 0. The average molecular weight is 330 g/mol. The number of methoxy groups -OCH3 is 1. The Morgan fingerprint density at radius 2 is 1.30 bits per heavy atom. The van der Waals surface area contributed by atoms with Crippen LogP contribution in [0.5, 0.6) is 0 Å². The Hall–Kier alpha value is -1.10. The van der Waals surface area contributed by atoms with Crippen LogP contribution in [0.25, 0.3) is 0 Å². The summed E-state index contributed by atoms with van der Waals surface area (Å²) in [5.41, 5.74) is 0.346. The fraction of sp³-hybridized carbons (Fsp3) is 0.889. The van der Waals surface area contributed by atoms with Gasteiger partial charge in [-0.05, 0) is 31.1 Å². The lowest BCUT2D eigenvalue weighted by atomic mass is 9.89. The van der Waals surface area contributed by atoms with Gasteiger partial charge in [-0.2, -0.15) is 0 Å². The molecule has 0 radical (unpaired) electrons. The number of rotatable bonds is 13. The van der Waals surface area contributed by atoms with Crippen LogP contribution in [0.15, 0.2) is 0 Å². The molecule has 0 bridgehead atoms. The first kappa shape index (κ1) is 21.9. The minimum absolute atomic E-state index is 0.266. The van der Waals surface area contributed by atoms with E-state index in [2.05, 4.69) is 20.8 Å². The van der Waals surface area contributed by atoms with Crippen molar-refractivity contribution in [2.45, 2.75) is 78.6 Å². The molecule has 5 heteroatoms. The van der Waals surface area contributed by atoms with Crippen LogP contribution in [0.3, 0.4) is 0 Å². The molecule has 0 aromatic carbocycles. The van der Waals surface area contributed by atoms with Crippen LogP contribution < -0.4 is 0 Å². The summed E-state index contributed by atoms with van der Waals surface area (Å²) in [6.07, 6.45) is 7.50. The van der Waals surface area contributed by atoms with Crippen LogP contribution in [0.1, 0.15) is 78.6 Å². The maximum Gasteiger partial charge on any atom is 0.308 e. The first-order valence-corrected chi connectivity index (χ1v) is 8.65. The highest BCUT2D eigenvalue weighted by Gasteiger charge is 2.10. The van der Waals surface area contributed by atoms with Gasteiger partial charge in [-0.3, -0.25) is 9.59 Å². The van der Waals surface area contributed by atoms with E-state index in [0.717, 1.165) is 44.9 Å². The van der Waals surface area contributed by atoms with Gasteiger partial charge < -0.3 is 14.2 Å². The van der Waals surface area contributed by atoms with Gasteiger partial charge in [0.05, 0.1) is 0 Å². The van der Waals surface area contributed by atoms with Gasteiger partial charge in [0.2, 0.25) is 6.79 Å². The van der Waals surface area contributed by atoms with Gasteiger partial charge in [0.15, 0.2) is 0 Å². The molecule has 136 valence electrons. The minimum atomic E-state index is -0.319. The quantitative estimate of drug-likeness (QED) is 0.287. The lowest BCUT2D eigenvalue weighted by molar-refractivity contribution is -0.167. The van der Waals surface area contributed by atoms with Crippen molar-refractivity contribution >= 4 is 11.9 Å². The highest BCUT2D eigenvalue weighted by Crippen LogP contribution is 2.22. The molecule has 23 heavy (non-hydrogen) atoms. The number of unbranched alkanes of at least 4 members (excludes halogenated alkanes) is 4. The fourth-order valence-electron chi connectivity index (χ4n) is 2.10. The van der Waals surface area contributed by atoms with Crippen molar-refractivity contribution in [3.05, 3.63) is 0 Å². The van der Waals surface area contributed by atoms with Crippen LogP contribution in [0.4, 0.5) is 0 Å². The predicted octanol–water partition coefficient (Wildman–Crippen LogP) is 4.23. The second-order valence-corrected chi connectivity index (χ2v) is 7.08. The molecule has 0 unspecified atom stereocenters. The standard InChI is InChI=1S/C18H34O5/c1-18(2,3)13-9-5-7-11-16(19)22-15-23-17(20)12-8-6-10-14-21-4/h5-15H2,1-4H3. The van der Waals surface area contributed by atoms with E-state index in [1.807, 2.05) is 0 Å². The predicted molar refractivity (Wildman–Crippen MR) is 89.9 cm³/mol. The molecule has 0 aromatic rings. The summed E-state index contributed by atoms with van der Waals surface area (Å²) < 4.78 is 14.7. The molecule has 0 heterocycles. The third-order valence-electron chi connectivity index (χ3n) is 3.48. The minimum Gasteiger partial charge on any atom is -0.428 e. The SMILES string of the molecule is COCCCCCC(=O)OCOC(=O)CCCCCC(C)(C)C. The summed E-state index contributed by atoms with van der Waals surface area (Å²) in [6.45, 7) is 7.09. The van der Waals surface area contributed by atoms with E-state index in [-0.39, 0.29) is 18.7 Å². The Morgan fingerprint density at radius 1 is 0.783 bits per heavy atom. The Labute approximate surface area is 141 Å². The Morgan fingerprint density at radius 3 is 1.78 bits per heavy atom. The van der Waals surface area contributed by atoms with Crippen molar-refractivity contribution in [2.24, 2.45) is 5.41 Å². The van der Waals surface area contributed by atoms with E-state index in [4.69, 9.17) is 14.2 Å². The first-order chi connectivity index (χ1) is 10.8. The lowest BCUT2D eigenvalue weighted by Crippen LogP contribution is -2.12. The third kappa shape index (κ3) is 17.1. The molecule has 0 amide bonds. The lowest BCUT2D eigenvalue weighted by Gasteiger charge is -2.17. The van der Waals surface area contributed by atoms with Gasteiger partial charge in [0.25, 0.3) is 0 Å². The molecule has 0 aromatic heterocycles. The number of hydrogen-bond donors (Lipinski definition) is 0. The molecule has 0 spiro atoms. The third-order valence-corrected chi connectivity index (χ3v) is 3.48. The Kier molecular flexibility index (Phi) is 12.7. The van der Waals surface area contributed by atoms with Crippen LogP contribution in [0.2, 0.25) is 0 Å². The van der Waals surface area contributed by atoms with E-state index < -0.39 is 0 Å². The van der Waals surface area contributed by atoms with Gasteiger partial charge in [-0.15, -0.1) is 0 Å². The van der Waals surface area contributed by atoms with E-state index in [1.165, 1.54) is 0 Å². The highest BCUT2D eigenvalue weighted by atomic mass is 16.7. The van der Waals surface area contributed by atoms with Crippen LogP contribution in [0, 0.1) is 5.41 Å². The van der Waals surface area contributed by atoms with Crippen LogP contribution in [-0.2, 0) is 23.8 Å². The zero-order chi connectivity index (χ0) is 17.6. The molecule has 0 aliphatic carbocycles. The molecule has 0 fully saturated rings. The molecule has 0 atom stereocenters. The second kappa shape index (κ2) is 13.3. The Balaban J connectivity index is 3.43. The first-order valence-electron chi connectivity index (χ1n) is 8.65. The summed E-state index contributed by atoms with van der Waals surface area (Å²) in [7, 11) is 1.66. The van der Waals surface area contributed by atoms with Gasteiger partial charge >= 0.3 is 11.9 Å². The van der Waals surface area contributed by atoms with Crippen molar-refractivity contribution in [2.75, 3.05) is 20.5 Å². The van der Waals surface area contributed by atoms with Crippen LogP contribution in [-0.4, -0.2) is 32.4 Å². The summed E-state index contributed by atoms with van der Waals surface area (Å²) >= 11 is 0. The highest BCUT2D eigenvalue weighted by molar-refractivity contribution is 5.70. The summed E-state index contributed by atoms with van der Waals surface area (Å²) in [4.78, 5) is 22.9. The molecule has 0 N–H and O–H groups in total. The molecular weight excluding hydrogens is 296 g/mol. The van der Waals surface area contributed by atoms with Crippen molar-refractivity contribution in [1.82, 2.24) is 0 Å². The number of hydrogen-bond acceptors (Lipinski definition) is 5. The summed E-state index contributed by atoms with van der Waals surface area (Å²) in [6, 6.07) is 0. The van der Waals surface area contributed by atoms with Gasteiger partial charge in [-0.1, -0.05) is 40.0 Å². The largest absolute Gasteiger partial charge is 0.428 e. The molecule has 0 aliphatic rings. The van der Waals surface area contributed by atoms with Gasteiger partial charge in [0, 0.05) is 26.6 Å². The number of esters is 2. The molecule has 0 saturated carbocycles. The van der Waals surface area contributed by atoms with E-state index in [1.54, 1.807) is 7.11 Å². The zero-order valence-electron chi connectivity index (χ0n) is 15.3. The van der Waals surface area contributed by atoms with Crippen LogP contribution >= 0.6 is 0 Å². The molecular formula is C18H34O5. The normalized spacial score (nSPS) is 11.3. The maximum absolute atomic E-state index is 11.5. The number of carbonyl (C=O) groups is 2. The molecule has 0 rings (SSSR count).